The Kier molecular flexibility index (Phi) is 4.31. The van der Waals surface area contributed by atoms with Crippen molar-refractivity contribution in [1.82, 2.24) is 8.96 Å². The number of nitrogens with zero attached hydrogens (tertiary/aromatic N) is 2. The molecular formula is C21H18N2O2S. The van der Waals surface area contributed by atoms with Crippen molar-refractivity contribution in [2.24, 2.45) is 0 Å². The third-order valence-corrected chi connectivity index (χ3v) is 6.18. The summed E-state index contributed by atoms with van der Waals surface area (Å²) in [7, 11) is -3.62. The Morgan fingerprint density at radius 3 is 2.27 bits per heavy atom. The molecule has 0 N–H and O–H groups in total. The summed E-state index contributed by atoms with van der Waals surface area (Å²) in [6.45, 7) is 0. The Bertz CT molecular complexity index is 1130. The summed E-state index contributed by atoms with van der Waals surface area (Å²) in [5.41, 5.74) is 2.92. The van der Waals surface area contributed by atoms with E-state index in [0.29, 0.717) is 10.4 Å². The van der Waals surface area contributed by atoms with Crippen LogP contribution in [-0.2, 0) is 22.9 Å². The lowest BCUT2D eigenvalue weighted by Gasteiger charge is -2.07. The van der Waals surface area contributed by atoms with E-state index in [2.05, 4.69) is 4.98 Å². The van der Waals surface area contributed by atoms with Crippen LogP contribution in [0.15, 0.2) is 90.2 Å². The van der Waals surface area contributed by atoms with Gasteiger partial charge in [-0.3, -0.25) is 4.98 Å². The SMILES string of the molecule is O=S(=O)(c1ccccc1)n1cc(CCc2ccncc2)c2ccccc21. The fourth-order valence-corrected chi connectivity index (χ4v) is 4.56. The van der Waals surface area contributed by atoms with Gasteiger partial charge in [-0.05, 0) is 54.3 Å². The molecular weight excluding hydrogens is 344 g/mol. The predicted molar refractivity (Wildman–Crippen MR) is 103 cm³/mol. The average Bonchev–Trinajstić information content (AvgIpc) is 3.07. The molecule has 0 spiro atoms. The van der Waals surface area contributed by atoms with Crippen LogP contribution in [0.25, 0.3) is 10.9 Å². The van der Waals surface area contributed by atoms with Crippen LogP contribution < -0.4 is 0 Å². The van der Waals surface area contributed by atoms with E-state index < -0.39 is 10.0 Å². The molecule has 130 valence electrons. The van der Waals surface area contributed by atoms with E-state index >= 15 is 0 Å². The van der Waals surface area contributed by atoms with Crippen LogP contribution in [0.4, 0.5) is 0 Å². The van der Waals surface area contributed by atoms with Gasteiger partial charge >= 0.3 is 0 Å². The molecule has 26 heavy (non-hydrogen) atoms. The zero-order chi connectivity index (χ0) is 18.0. The van der Waals surface area contributed by atoms with Crippen molar-refractivity contribution in [3.8, 4) is 0 Å². The Labute approximate surface area is 152 Å². The second-order valence-corrected chi connectivity index (χ2v) is 7.96. The van der Waals surface area contributed by atoms with Crippen molar-refractivity contribution in [3.05, 3.63) is 96.4 Å². The van der Waals surface area contributed by atoms with Crippen LogP contribution >= 0.6 is 0 Å². The molecule has 2 aromatic heterocycles. The number of hydrogen-bond acceptors (Lipinski definition) is 3. The quantitative estimate of drug-likeness (QED) is 0.538. The van der Waals surface area contributed by atoms with Crippen LogP contribution in [0.3, 0.4) is 0 Å². The Balaban J connectivity index is 1.77. The molecule has 0 unspecified atom stereocenters. The molecule has 0 saturated carbocycles. The van der Waals surface area contributed by atoms with Crippen molar-refractivity contribution in [3.63, 3.8) is 0 Å². The van der Waals surface area contributed by atoms with Crippen molar-refractivity contribution in [1.29, 1.82) is 0 Å². The van der Waals surface area contributed by atoms with E-state index in [1.807, 2.05) is 42.5 Å². The molecule has 4 nitrogen and oxygen atoms in total. The van der Waals surface area contributed by atoms with Gasteiger partial charge in [0.15, 0.2) is 0 Å². The lowest BCUT2D eigenvalue weighted by molar-refractivity contribution is 0.589. The van der Waals surface area contributed by atoms with E-state index in [0.717, 1.165) is 23.8 Å². The summed E-state index contributed by atoms with van der Waals surface area (Å²) in [5.74, 6) is 0. The van der Waals surface area contributed by atoms with E-state index in [-0.39, 0.29) is 0 Å². The topological polar surface area (TPSA) is 52.0 Å². The molecule has 4 aromatic rings. The van der Waals surface area contributed by atoms with Gasteiger partial charge in [-0.1, -0.05) is 36.4 Å². The van der Waals surface area contributed by atoms with Crippen molar-refractivity contribution in [2.75, 3.05) is 0 Å². The Morgan fingerprint density at radius 2 is 1.50 bits per heavy atom. The zero-order valence-electron chi connectivity index (χ0n) is 14.1. The van der Waals surface area contributed by atoms with Gasteiger partial charge < -0.3 is 0 Å². The molecule has 4 rings (SSSR count). The van der Waals surface area contributed by atoms with Gasteiger partial charge in [0.2, 0.25) is 0 Å². The molecule has 0 aliphatic rings. The third kappa shape index (κ3) is 3.02. The smallest absolute Gasteiger partial charge is 0.265 e. The number of fused-ring (bicyclic) bond motifs is 1. The standard InChI is InChI=1S/C21H18N2O2S/c24-26(25,19-6-2-1-3-7-19)23-16-18(20-8-4-5-9-21(20)23)11-10-17-12-14-22-15-13-17/h1-9,12-16H,10-11H2. The van der Waals surface area contributed by atoms with Gasteiger partial charge in [-0.2, -0.15) is 0 Å². The van der Waals surface area contributed by atoms with Crippen LogP contribution in [0.5, 0.6) is 0 Å². The van der Waals surface area contributed by atoms with E-state index in [9.17, 15) is 8.42 Å². The Morgan fingerprint density at radius 1 is 0.808 bits per heavy atom. The van der Waals surface area contributed by atoms with Gasteiger partial charge in [0.25, 0.3) is 10.0 Å². The molecule has 0 aliphatic carbocycles. The molecule has 0 atom stereocenters. The molecule has 5 heteroatoms. The highest BCUT2D eigenvalue weighted by Gasteiger charge is 2.20. The largest absolute Gasteiger partial charge is 0.268 e. The van der Waals surface area contributed by atoms with E-state index in [4.69, 9.17) is 0 Å². The number of hydrogen-bond donors (Lipinski definition) is 0. The fourth-order valence-electron chi connectivity index (χ4n) is 3.15. The lowest BCUT2D eigenvalue weighted by atomic mass is 10.0. The Hall–Kier alpha value is -2.92. The molecule has 0 fully saturated rings. The number of para-hydroxylation sites is 1. The van der Waals surface area contributed by atoms with Crippen molar-refractivity contribution in [2.45, 2.75) is 17.7 Å². The highest BCUT2D eigenvalue weighted by molar-refractivity contribution is 7.90. The second kappa shape index (κ2) is 6.77. The minimum absolute atomic E-state index is 0.293. The summed E-state index contributed by atoms with van der Waals surface area (Å²) < 4.78 is 27.6. The maximum Gasteiger partial charge on any atom is 0.268 e. The maximum atomic E-state index is 13.1. The van der Waals surface area contributed by atoms with Crippen molar-refractivity contribution >= 4 is 20.9 Å². The summed E-state index contributed by atoms with van der Waals surface area (Å²) in [6.07, 6.45) is 6.91. The number of pyridine rings is 1. The number of benzene rings is 2. The van der Waals surface area contributed by atoms with Gasteiger partial charge in [0.05, 0.1) is 10.4 Å². The zero-order valence-corrected chi connectivity index (χ0v) is 14.9. The lowest BCUT2D eigenvalue weighted by Crippen LogP contribution is -2.11. The van der Waals surface area contributed by atoms with Crippen LogP contribution in [0.2, 0.25) is 0 Å². The average molecular weight is 362 g/mol. The first-order valence-electron chi connectivity index (χ1n) is 8.45. The van der Waals surface area contributed by atoms with Crippen LogP contribution in [-0.4, -0.2) is 17.4 Å². The predicted octanol–water partition coefficient (Wildman–Crippen LogP) is 4.06. The monoisotopic (exact) mass is 362 g/mol. The fraction of sp³-hybridized carbons (Fsp3) is 0.0952. The van der Waals surface area contributed by atoms with E-state index in [1.165, 1.54) is 9.54 Å². The summed E-state index contributed by atoms with van der Waals surface area (Å²) in [4.78, 5) is 4.33. The molecule has 2 heterocycles. The molecule has 0 aliphatic heterocycles. The highest BCUT2D eigenvalue weighted by atomic mass is 32.2. The maximum absolute atomic E-state index is 13.1. The van der Waals surface area contributed by atoms with Gasteiger partial charge in [-0.25, -0.2) is 12.4 Å². The molecule has 0 saturated heterocycles. The molecule has 0 amide bonds. The summed E-state index contributed by atoms with van der Waals surface area (Å²) >= 11 is 0. The first-order valence-corrected chi connectivity index (χ1v) is 9.89. The molecule has 0 radical (unpaired) electrons. The number of aromatic nitrogens is 2. The third-order valence-electron chi connectivity index (χ3n) is 4.49. The van der Waals surface area contributed by atoms with Crippen molar-refractivity contribution < 1.29 is 8.42 Å². The molecule has 2 aromatic carbocycles. The van der Waals surface area contributed by atoms with Crippen LogP contribution in [0, 0.1) is 0 Å². The second-order valence-electron chi connectivity index (χ2n) is 6.14. The van der Waals surface area contributed by atoms with Gasteiger partial charge in [0.1, 0.15) is 0 Å². The minimum Gasteiger partial charge on any atom is -0.265 e. The van der Waals surface area contributed by atoms with Gasteiger partial charge in [0, 0.05) is 24.0 Å². The number of aryl methyl sites for hydroxylation is 2. The summed E-state index contributed by atoms with van der Waals surface area (Å²) in [6, 6.07) is 20.2. The van der Waals surface area contributed by atoms with E-state index in [1.54, 1.807) is 42.9 Å². The highest BCUT2D eigenvalue weighted by Crippen LogP contribution is 2.27. The normalized spacial score (nSPS) is 11.7. The number of rotatable bonds is 5. The molecule has 0 bridgehead atoms. The first kappa shape index (κ1) is 16.5. The van der Waals surface area contributed by atoms with Crippen LogP contribution in [0.1, 0.15) is 11.1 Å². The minimum atomic E-state index is -3.62. The summed E-state index contributed by atoms with van der Waals surface area (Å²) in [5, 5.41) is 0.973. The van der Waals surface area contributed by atoms with Gasteiger partial charge in [-0.15, -0.1) is 0 Å². The first-order chi connectivity index (χ1) is 12.7.